The van der Waals surface area contributed by atoms with Crippen molar-refractivity contribution in [3.63, 3.8) is 0 Å². The van der Waals surface area contributed by atoms with E-state index in [9.17, 15) is 0 Å². The topological polar surface area (TPSA) is 63.4 Å². The summed E-state index contributed by atoms with van der Waals surface area (Å²) in [5.41, 5.74) is 6.47. The highest BCUT2D eigenvalue weighted by Crippen LogP contribution is 2.23. The third kappa shape index (κ3) is 5.34. The van der Waals surface area contributed by atoms with Crippen LogP contribution in [0.1, 0.15) is 20.3 Å². The lowest BCUT2D eigenvalue weighted by Crippen LogP contribution is -2.23. The monoisotopic (exact) mass is 266 g/mol. The smallest absolute Gasteiger partial charge is 0.239 e. The van der Waals surface area contributed by atoms with Crippen molar-refractivity contribution < 1.29 is 4.74 Å². The van der Waals surface area contributed by atoms with Crippen molar-refractivity contribution >= 4 is 11.5 Å². The fourth-order valence-corrected chi connectivity index (χ4v) is 1.62. The minimum Gasteiger partial charge on any atom is -0.476 e. The molecule has 0 saturated heterocycles. The Morgan fingerprint density at radius 1 is 1.42 bits per heavy atom. The van der Waals surface area contributed by atoms with E-state index in [0.717, 1.165) is 25.3 Å². The Balaban J connectivity index is 2.66. The molecule has 1 aromatic rings. The first-order chi connectivity index (χ1) is 9.04. The Hall–Kier alpha value is -1.49. The maximum Gasteiger partial charge on any atom is 0.239 e. The zero-order valence-electron chi connectivity index (χ0n) is 12.4. The lowest BCUT2D eigenvalue weighted by Gasteiger charge is -2.19. The molecule has 1 aromatic heterocycles. The molecule has 0 unspecified atom stereocenters. The average Bonchev–Trinajstić information content (AvgIpc) is 2.37. The predicted octanol–water partition coefficient (Wildman–Crippen LogP) is 1.74. The molecule has 5 nitrogen and oxygen atoms in total. The van der Waals surface area contributed by atoms with Crippen LogP contribution in [0.2, 0.25) is 0 Å². The lowest BCUT2D eigenvalue weighted by atomic mass is 10.2. The molecule has 0 aliphatic heterocycles. The van der Waals surface area contributed by atoms with Crippen molar-refractivity contribution in [3.05, 3.63) is 12.1 Å². The maximum absolute atomic E-state index is 5.88. The van der Waals surface area contributed by atoms with Gasteiger partial charge >= 0.3 is 0 Å². The van der Waals surface area contributed by atoms with Gasteiger partial charge in [-0.15, -0.1) is 0 Å². The first kappa shape index (κ1) is 15.6. The van der Waals surface area contributed by atoms with Crippen LogP contribution in [0.3, 0.4) is 0 Å². The molecule has 0 saturated carbocycles. The summed E-state index contributed by atoms with van der Waals surface area (Å²) in [6, 6.07) is 3.78. The molecule has 0 atom stereocenters. The predicted molar refractivity (Wildman–Crippen MR) is 80.8 cm³/mol. The van der Waals surface area contributed by atoms with E-state index < -0.39 is 0 Å². The highest BCUT2D eigenvalue weighted by Gasteiger charge is 2.08. The molecule has 1 rings (SSSR count). The Bertz CT molecular complexity index is 382. The zero-order chi connectivity index (χ0) is 14.3. The van der Waals surface area contributed by atoms with Gasteiger partial charge in [-0.05, 0) is 38.1 Å². The Labute approximate surface area is 116 Å². The summed E-state index contributed by atoms with van der Waals surface area (Å²) in [5.74, 6) is 1.88. The molecule has 0 aliphatic carbocycles. The maximum atomic E-state index is 5.88. The lowest BCUT2D eigenvalue weighted by molar-refractivity contribution is 0.263. The SMILES string of the molecule is CNCCCN(C)c1ccc(N)c(OCC(C)C)n1. The van der Waals surface area contributed by atoms with E-state index in [1.54, 1.807) is 0 Å². The van der Waals surface area contributed by atoms with E-state index >= 15 is 0 Å². The molecule has 0 fully saturated rings. The number of hydrogen-bond acceptors (Lipinski definition) is 5. The first-order valence-electron chi connectivity index (χ1n) is 6.79. The molecule has 0 spiro atoms. The van der Waals surface area contributed by atoms with Crippen molar-refractivity contribution in [2.45, 2.75) is 20.3 Å². The van der Waals surface area contributed by atoms with Gasteiger partial charge in [0.25, 0.3) is 0 Å². The molecular formula is C14H26N4O. The van der Waals surface area contributed by atoms with Gasteiger partial charge in [0.2, 0.25) is 5.88 Å². The largest absolute Gasteiger partial charge is 0.476 e. The van der Waals surface area contributed by atoms with Crippen LogP contribution in [-0.2, 0) is 0 Å². The quantitative estimate of drug-likeness (QED) is 0.702. The minimum absolute atomic E-state index is 0.457. The number of nitrogens with one attached hydrogen (secondary N) is 1. The number of nitrogens with two attached hydrogens (primary N) is 1. The van der Waals surface area contributed by atoms with Crippen LogP contribution in [0.4, 0.5) is 11.5 Å². The Kier molecular flexibility index (Phi) is 6.42. The average molecular weight is 266 g/mol. The van der Waals surface area contributed by atoms with Crippen molar-refractivity contribution in [2.75, 3.05) is 44.4 Å². The molecule has 3 N–H and O–H groups in total. The summed E-state index contributed by atoms with van der Waals surface area (Å²) in [6.07, 6.45) is 1.07. The molecule has 0 aromatic carbocycles. The molecule has 1 heterocycles. The molecular weight excluding hydrogens is 240 g/mol. The second-order valence-electron chi connectivity index (χ2n) is 5.15. The Morgan fingerprint density at radius 2 is 2.16 bits per heavy atom. The van der Waals surface area contributed by atoms with Crippen molar-refractivity contribution in [2.24, 2.45) is 5.92 Å². The molecule has 0 amide bonds. The van der Waals surface area contributed by atoms with E-state index in [4.69, 9.17) is 10.5 Å². The van der Waals surface area contributed by atoms with Gasteiger partial charge in [-0.2, -0.15) is 4.98 Å². The zero-order valence-corrected chi connectivity index (χ0v) is 12.4. The number of rotatable bonds is 8. The van der Waals surface area contributed by atoms with Crippen LogP contribution in [0, 0.1) is 5.92 Å². The standard InChI is InChI=1S/C14H26N4O/c1-11(2)10-19-14-12(15)6-7-13(17-14)18(4)9-5-8-16-3/h6-7,11,16H,5,8-10,15H2,1-4H3. The van der Waals surface area contributed by atoms with Gasteiger partial charge in [0.15, 0.2) is 0 Å². The van der Waals surface area contributed by atoms with Crippen molar-refractivity contribution in [3.8, 4) is 5.88 Å². The van der Waals surface area contributed by atoms with Gasteiger partial charge in [0.1, 0.15) is 5.82 Å². The van der Waals surface area contributed by atoms with Gasteiger partial charge < -0.3 is 20.7 Å². The summed E-state index contributed by atoms with van der Waals surface area (Å²) in [4.78, 5) is 6.59. The summed E-state index contributed by atoms with van der Waals surface area (Å²) < 4.78 is 5.64. The second kappa shape index (κ2) is 7.84. The Morgan fingerprint density at radius 3 is 2.79 bits per heavy atom. The molecule has 0 radical (unpaired) electrons. The number of nitrogens with zero attached hydrogens (tertiary/aromatic N) is 2. The summed E-state index contributed by atoms with van der Waals surface area (Å²) in [6.45, 7) is 6.77. The number of anilines is 2. The second-order valence-corrected chi connectivity index (χ2v) is 5.15. The number of pyridine rings is 1. The first-order valence-corrected chi connectivity index (χ1v) is 6.79. The molecule has 5 heteroatoms. The van der Waals surface area contributed by atoms with Gasteiger partial charge in [-0.1, -0.05) is 13.8 Å². The van der Waals surface area contributed by atoms with Gasteiger partial charge in [-0.25, -0.2) is 0 Å². The third-order valence-corrected chi connectivity index (χ3v) is 2.74. The number of aromatic nitrogens is 1. The van der Waals surface area contributed by atoms with Gasteiger partial charge in [0.05, 0.1) is 12.3 Å². The number of hydrogen-bond donors (Lipinski definition) is 2. The number of ether oxygens (including phenoxy) is 1. The van der Waals surface area contributed by atoms with Crippen molar-refractivity contribution in [1.29, 1.82) is 0 Å². The van der Waals surface area contributed by atoms with E-state index in [1.807, 2.05) is 26.2 Å². The normalized spacial score (nSPS) is 10.8. The summed E-state index contributed by atoms with van der Waals surface area (Å²) >= 11 is 0. The summed E-state index contributed by atoms with van der Waals surface area (Å²) in [7, 11) is 3.99. The van der Waals surface area contributed by atoms with Crippen LogP contribution in [0.15, 0.2) is 12.1 Å². The fourth-order valence-electron chi connectivity index (χ4n) is 1.62. The van der Waals surface area contributed by atoms with Crippen molar-refractivity contribution in [1.82, 2.24) is 10.3 Å². The van der Waals surface area contributed by atoms with E-state index in [-0.39, 0.29) is 0 Å². The highest BCUT2D eigenvalue weighted by atomic mass is 16.5. The van der Waals surface area contributed by atoms with Gasteiger partial charge in [0, 0.05) is 13.6 Å². The van der Waals surface area contributed by atoms with E-state index in [0.29, 0.717) is 24.1 Å². The van der Waals surface area contributed by atoms with Gasteiger partial charge in [-0.3, -0.25) is 0 Å². The third-order valence-electron chi connectivity index (χ3n) is 2.74. The minimum atomic E-state index is 0.457. The molecule has 0 aliphatic rings. The van der Waals surface area contributed by atoms with Crippen LogP contribution in [0.25, 0.3) is 0 Å². The van der Waals surface area contributed by atoms with Crippen LogP contribution >= 0.6 is 0 Å². The van der Waals surface area contributed by atoms with Crippen LogP contribution in [-0.4, -0.2) is 38.8 Å². The van der Waals surface area contributed by atoms with E-state index in [2.05, 4.69) is 29.0 Å². The van der Waals surface area contributed by atoms with Crippen LogP contribution < -0.4 is 20.7 Å². The van der Waals surface area contributed by atoms with Crippen LogP contribution in [0.5, 0.6) is 5.88 Å². The molecule has 108 valence electrons. The molecule has 0 bridgehead atoms. The highest BCUT2D eigenvalue weighted by molar-refractivity contribution is 5.54. The summed E-state index contributed by atoms with van der Waals surface area (Å²) in [5, 5.41) is 3.14. The molecule has 19 heavy (non-hydrogen) atoms. The fraction of sp³-hybridized carbons (Fsp3) is 0.643. The number of nitrogen functional groups attached to an aromatic ring is 1. The van der Waals surface area contributed by atoms with E-state index in [1.165, 1.54) is 0 Å².